The second-order valence-electron chi connectivity index (χ2n) is 19.7. The Morgan fingerprint density at radius 2 is 0.597 bits per heavy atom. The molecule has 0 radical (unpaired) electrons. The van der Waals surface area contributed by atoms with Crippen molar-refractivity contribution in [1.29, 1.82) is 0 Å². The highest BCUT2D eigenvalue weighted by Crippen LogP contribution is 2.15. The number of carbonyl (C=O) groups excluding carboxylic acids is 2. The lowest BCUT2D eigenvalue weighted by Crippen LogP contribution is -2.28. The van der Waals surface area contributed by atoms with Crippen LogP contribution >= 0.6 is 0 Å². The molecule has 0 bridgehead atoms. The van der Waals surface area contributed by atoms with Gasteiger partial charge < -0.3 is 14.6 Å². The van der Waals surface area contributed by atoms with Gasteiger partial charge in [0.2, 0.25) is 0 Å². The van der Waals surface area contributed by atoms with Crippen molar-refractivity contribution in [2.24, 2.45) is 0 Å². The van der Waals surface area contributed by atoms with Crippen molar-refractivity contribution in [3.63, 3.8) is 0 Å². The van der Waals surface area contributed by atoms with Crippen molar-refractivity contribution in [2.75, 3.05) is 13.2 Å². The molecular formula is C67H112O5. The van der Waals surface area contributed by atoms with Crippen LogP contribution in [0.1, 0.15) is 271 Å². The number of ether oxygens (including phenoxy) is 2. The van der Waals surface area contributed by atoms with E-state index in [-0.39, 0.29) is 25.2 Å². The molecule has 0 amide bonds. The third-order valence-corrected chi connectivity index (χ3v) is 12.7. The summed E-state index contributed by atoms with van der Waals surface area (Å²) in [6, 6.07) is 0. The third kappa shape index (κ3) is 58.9. The highest BCUT2D eigenvalue weighted by molar-refractivity contribution is 5.70. The number of hydrogen-bond donors (Lipinski definition) is 1. The van der Waals surface area contributed by atoms with Crippen molar-refractivity contribution >= 4 is 11.9 Å². The summed E-state index contributed by atoms with van der Waals surface area (Å²) in [5, 5.41) is 9.67. The smallest absolute Gasteiger partial charge is 0.306 e. The second kappa shape index (κ2) is 61.6. The Labute approximate surface area is 445 Å². The number of esters is 2. The molecule has 0 saturated carbocycles. The normalized spacial score (nSPS) is 13.1. The van der Waals surface area contributed by atoms with Crippen molar-refractivity contribution in [3.05, 3.63) is 122 Å². The zero-order valence-corrected chi connectivity index (χ0v) is 46.9. The fraction of sp³-hybridized carbons (Fsp3) is 0.672. The van der Waals surface area contributed by atoms with E-state index in [0.29, 0.717) is 12.8 Å². The molecule has 0 aromatic heterocycles. The van der Waals surface area contributed by atoms with Crippen LogP contribution in [-0.4, -0.2) is 36.4 Å². The molecule has 1 atom stereocenters. The highest BCUT2D eigenvalue weighted by Gasteiger charge is 2.16. The molecule has 0 aromatic rings. The molecule has 0 aliphatic carbocycles. The molecule has 0 aromatic carbocycles. The van der Waals surface area contributed by atoms with Gasteiger partial charge in [-0.25, -0.2) is 0 Å². The largest absolute Gasteiger partial charge is 0.462 e. The van der Waals surface area contributed by atoms with E-state index in [1.807, 2.05) is 0 Å². The van der Waals surface area contributed by atoms with Crippen LogP contribution in [0.4, 0.5) is 0 Å². The standard InChI is InChI=1S/C67H112O5/c1-3-5-7-9-11-13-15-17-19-21-23-25-27-28-29-30-31-32-33-34-35-36-37-38-40-42-44-46-48-50-52-54-56-58-60-62-67(70)72-65(63-68)64-71-66(69)61-59-57-55-53-51-49-47-45-43-41-39-26-24-22-20-18-16-14-12-10-8-6-4-2/h5,7,11,13,16-19,22-25,28-29,31-32,34-35,39,41,65,68H,3-4,6,8-10,12,14-15,20-21,26-27,30,33,36-38,40,42-64H2,1-2H3/b7-5-,13-11-,18-16-,19-17-,24-22-,25-23-,29-28-,32-31-,35-34-,41-39-. The summed E-state index contributed by atoms with van der Waals surface area (Å²) < 4.78 is 10.7. The average molecular weight is 998 g/mol. The minimum Gasteiger partial charge on any atom is -0.462 e. The molecule has 410 valence electrons. The van der Waals surface area contributed by atoms with Crippen LogP contribution in [0.2, 0.25) is 0 Å². The van der Waals surface area contributed by atoms with Gasteiger partial charge in [0.05, 0.1) is 6.61 Å². The van der Waals surface area contributed by atoms with E-state index in [1.54, 1.807) is 0 Å². The number of hydrogen-bond acceptors (Lipinski definition) is 5. The molecule has 0 spiro atoms. The zero-order valence-electron chi connectivity index (χ0n) is 46.9. The molecule has 0 rings (SSSR count). The maximum atomic E-state index is 12.3. The van der Waals surface area contributed by atoms with Crippen LogP contribution in [0.25, 0.3) is 0 Å². The SMILES string of the molecule is CC/C=C\C/C=C\C/C=C\C/C=C\C/C=C\C/C=C\C/C=C\CCCCCCCCCCCCCCCC(=O)OC(CO)COC(=O)CCCCCCCCCC/C=C\C/C=C\C/C=C\CCCCCCC. The number of unbranched alkanes of at least 4 members (excludes halogenated alkanes) is 26. The van der Waals surface area contributed by atoms with Crippen molar-refractivity contribution < 1.29 is 24.2 Å². The Hall–Kier alpha value is -3.70. The lowest BCUT2D eigenvalue weighted by molar-refractivity contribution is -0.161. The van der Waals surface area contributed by atoms with Crippen molar-refractivity contribution in [2.45, 2.75) is 277 Å². The number of aliphatic hydroxyl groups is 1. The van der Waals surface area contributed by atoms with E-state index in [4.69, 9.17) is 9.47 Å². The predicted octanol–water partition coefficient (Wildman–Crippen LogP) is 20.6. The number of allylic oxidation sites excluding steroid dienone is 20. The Kier molecular flexibility index (Phi) is 58.4. The molecule has 72 heavy (non-hydrogen) atoms. The summed E-state index contributed by atoms with van der Waals surface area (Å²) in [6.45, 7) is 4.02. The monoisotopic (exact) mass is 997 g/mol. The first-order valence-corrected chi connectivity index (χ1v) is 30.1. The van der Waals surface area contributed by atoms with Crippen LogP contribution in [0.5, 0.6) is 0 Å². The highest BCUT2D eigenvalue weighted by atomic mass is 16.6. The first kappa shape index (κ1) is 68.3. The number of carbonyl (C=O) groups is 2. The van der Waals surface area contributed by atoms with Gasteiger partial charge in [0, 0.05) is 12.8 Å². The minimum atomic E-state index is -0.784. The first-order valence-electron chi connectivity index (χ1n) is 30.1. The van der Waals surface area contributed by atoms with E-state index in [2.05, 4.69) is 135 Å². The maximum absolute atomic E-state index is 12.3. The quantitative estimate of drug-likeness (QED) is 0.0373. The summed E-state index contributed by atoms with van der Waals surface area (Å²) in [5.74, 6) is -0.600. The zero-order chi connectivity index (χ0) is 52.0. The summed E-state index contributed by atoms with van der Waals surface area (Å²) in [7, 11) is 0. The average Bonchev–Trinajstić information content (AvgIpc) is 3.38. The van der Waals surface area contributed by atoms with Gasteiger partial charge in [0.1, 0.15) is 6.61 Å². The Balaban J connectivity index is 3.54. The van der Waals surface area contributed by atoms with Crippen molar-refractivity contribution in [3.8, 4) is 0 Å². The Bertz CT molecular complexity index is 1450. The molecule has 0 aliphatic heterocycles. The molecule has 0 fully saturated rings. The fourth-order valence-corrected chi connectivity index (χ4v) is 8.25. The molecule has 5 nitrogen and oxygen atoms in total. The van der Waals surface area contributed by atoms with E-state index in [1.165, 1.54) is 148 Å². The second-order valence-corrected chi connectivity index (χ2v) is 19.7. The molecular weight excluding hydrogens is 885 g/mol. The topological polar surface area (TPSA) is 72.8 Å². The van der Waals surface area contributed by atoms with E-state index < -0.39 is 6.10 Å². The van der Waals surface area contributed by atoms with Crippen LogP contribution < -0.4 is 0 Å². The van der Waals surface area contributed by atoms with Gasteiger partial charge in [0.25, 0.3) is 0 Å². The summed E-state index contributed by atoms with van der Waals surface area (Å²) in [4.78, 5) is 24.6. The predicted molar refractivity (Wildman–Crippen MR) is 315 cm³/mol. The molecule has 1 unspecified atom stereocenters. The van der Waals surface area contributed by atoms with Crippen LogP contribution in [0.15, 0.2) is 122 Å². The van der Waals surface area contributed by atoms with Crippen LogP contribution in [-0.2, 0) is 19.1 Å². The third-order valence-electron chi connectivity index (χ3n) is 12.7. The Morgan fingerprint density at radius 3 is 0.903 bits per heavy atom. The van der Waals surface area contributed by atoms with Gasteiger partial charge >= 0.3 is 11.9 Å². The summed E-state index contributed by atoms with van der Waals surface area (Å²) in [5.41, 5.74) is 0. The summed E-state index contributed by atoms with van der Waals surface area (Å²) >= 11 is 0. The lowest BCUT2D eigenvalue weighted by atomic mass is 10.0. The van der Waals surface area contributed by atoms with Crippen LogP contribution in [0.3, 0.4) is 0 Å². The maximum Gasteiger partial charge on any atom is 0.306 e. The van der Waals surface area contributed by atoms with Gasteiger partial charge in [-0.05, 0) is 109 Å². The molecule has 0 saturated heterocycles. The molecule has 0 heterocycles. The first-order chi connectivity index (χ1) is 35.6. The van der Waals surface area contributed by atoms with Gasteiger partial charge in [-0.2, -0.15) is 0 Å². The Morgan fingerprint density at radius 1 is 0.333 bits per heavy atom. The van der Waals surface area contributed by atoms with Crippen LogP contribution in [0, 0.1) is 0 Å². The van der Waals surface area contributed by atoms with Gasteiger partial charge in [0.15, 0.2) is 6.10 Å². The molecule has 1 N–H and O–H groups in total. The minimum absolute atomic E-state index is 0.0750. The number of aliphatic hydroxyl groups excluding tert-OH is 1. The van der Waals surface area contributed by atoms with E-state index in [9.17, 15) is 14.7 Å². The van der Waals surface area contributed by atoms with Gasteiger partial charge in [-0.1, -0.05) is 270 Å². The van der Waals surface area contributed by atoms with Gasteiger partial charge in [-0.3, -0.25) is 9.59 Å². The molecule has 0 aliphatic rings. The lowest BCUT2D eigenvalue weighted by Gasteiger charge is -2.15. The van der Waals surface area contributed by atoms with Gasteiger partial charge in [-0.15, -0.1) is 0 Å². The number of rotatable bonds is 54. The van der Waals surface area contributed by atoms with E-state index in [0.717, 1.165) is 96.3 Å². The van der Waals surface area contributed by atoms with E-state index >= 15 is 0 Å². The van der Waals surface area contributed by atoms with Crippen molar-refractivity contribution in [1.82, 2.24) is 0 Å². The molecule has 5 heteroatoms. The fourth-order valence-electron chi connectivity index (χ4n) is 8.25. The summed E-state index contributed by atoms with van der Waals surface area (Å²) in [6.07, 6.45) is 90.3.